The van der Waals surface area contributed by atoms with Gasteiger partial charge in [-0.05, 0) is 31.9 Å². The fourth-order valence-electron chi connectivity index (χ4n) is 3.56. The van der Waals surface area contributed by atoms with Gasteiger partial charge in [-0.3, -0.25) is 19.3 Å². The van der Waals surface area contributed by atoms with Crippen molar-refractivity contribution in [1.29, 1.82) is 0 Å². The van der Waals surface area contributed by atoms with E-state index in [1.807, 2.05) is 24.0 Å². The Kier molecular flexibility index (Phi) is 5.02. The first-order valence-corrected chi connectivity index (χ1v) is 8.75. The Balaban J connectivity index is 1.68. The van der Waals surface area contributed by atoms with Crippen LogP contribution in [0.4, 0.5) is 0 Å². The number of hydrogen-bond donors (Lipinski definition) is 0. The zero-order chi connectivity index (χ0) is 17.1. The molecule has 2 aliphatic heterocycles. The van der Waals surface area contributed by atoms with Crippen LogP contribution >= 0.6 is 0 Å². The van der Waals surface area contributed by atoms with Gasteiger partial charge in [0.1, 0.15) is 11.5 Å². The van der Waals surface area contributed by atoms with Crippen molar-refractivity contribution in [2.24, 2.45) is 0 Å². The number of furan rings is 1. The van der Waals surface area contributed by atoms with Gasteiger partial charge in [-0.25, -0.2) is 0 Å². The van der Waals surface area contributed by atoms with Crippen LogP contribution in [-0.4, -0.2) is 40.6 Å². The Morgan fingerprint density at radius 1 is 1.17 bits per heavy atom. The fourth-order valence-corrected chi connectivity index (χ4v) is 3.56. The maximum atomic E-state index is 12.7. The maximum absolute atomic E-state index is 12.7. The number of hydrogen-bond acceptors (Lipinski definition) is 4. The summed E-state index contributed by atoms with van der Waals surface area (Å²) in [4.78, 5) is 39.2. The first-order valence-electron chi connectivity index (χ1n) is 8.75. The molecule has 130 valence electrons. The summed E-state index contributed by atoms with van der Waals surface area (Å²) in [5.74, 6) is 1.33. The van der Waals surface area contributed by atoms with E-state index in [-0.39, 0.29) is 49.6 Å². The van der Waals surface area contributed by atoms with E-state index in [0.29, 0.717) is 6.54 Å². The molecular weight excluding hydrogens is 308 g/mol. The zero-order valence-electron chi connectivity index (χ0n) is 14.1. The van der Waals surface area contributed by atoms with Crippen LogP contribution in [0.1, 0.15) is 62.5 Å². The summed E-state index contributed by atoms with van der Waals surface area (Å²) >= 11 is 0. The van der Waals surface area contributed by atoms with Crippen molar-refractivity contribution >= 4 is 17.7 Å². The highest BCUT2D eigenvalue weighted by molar-refractivity contribution is 6.02. The SMILES string of the molecule is Cc1ccc([C@H]2CCCCCN2C(=O)CCN2C(=O)CCC2=O)o1. The van der Waals surface area contributed by atoms with E-state index in [2.05, 4.69) is 0 Å². The second-order valence-electron chi connectivity index (χ2n) is 6.59. The Morgan fingerprint density at radius 3 is 2.58 bits per heavy atom. The number of imide groups is 1. The average molecular weight is 332 g/mol. The molecule has 2 fully saturated rings. The van der Waals surface area contributed by atoms with E-state index in [1.54, 1.807) is 0 Å². The molecule has 0 bridgehead atoms. The number of amides is 3. The van der Waals surface area contributed by atoms with Gasteiger partial charge in [-0.1, -0.05) is 12.8 Å². The van der Waals surface area contributed by atoms with Crippen LogP contribution in [0.15, 0.2) is 16.5 Å². The van der Waals surface area contributed by atoms with Gasteiger partial charge in [-0.2, -0.15) is 0 Å². The van der Waals surface area contributed by atoms with Gasteiger partial charge < -0.3 is 9.32 Å². The summed E-state index contributed by atoms with van der Waals surface area (Å²) in [5, 5.41) is 0. The van der Waals surface area contributed by atoms with Crippen LogP contribution in [0.25, 0.3) is 0 Å². The Hall–Kier alpha value is -2.11. The molecule has 0 saturated carbocycles. The number of nitrogens with zero attached hydrogens (tertiary/aromatic N) is 2. The van der Waals surface area contributed by atoms with Crippen LogP contribution in [-0.2, 0) is 14.4 Å². The number of carbonyl (C=O) groups is 3. The van der Waals surface area contributed by atoms with Crippen LogP contribution in [0.3, 0.4) is 0 Å². The molecule has 0 unspecified atom stereocenters. The second kappa shape index (κ2) is 7.20. The van der Waals surface area contributed by atoms with E-state index in [0.717, 1.165) is 37.2 Å². The third kappa shape index (κ3) is 3.52. The lowest BCUT2D eigenvalue weighted by Crippen LogP contribution is -2.38. The fraction of sp³-hybridized carbons (Fsp3) is 0.611. The van der Waals surface area contributed by atoms with Crippen molar-refractivity contribution < 1.29 is 18.8 Å². The van der Waals surface area contributed by atoms with E-state index < -0.39 is 0 Å². The molecule has 6 nitrogen and oxygen atoms in total. The summed E-state index contributed by atoms with van der Waals surface area (Å²) in [7, 11) is 0. The molecule has 6 heteroatoms. The largest absolute Gasteiger partial charge is 0.464 e. The zero-order valence-corrected chi connectivity index (χ0v) is 14.1. The lowest BCUT2D eigenvalue weighted by Gasteiger charge is -2.29. The molecule has 1 aromatic heterocycles. The lowest BCUT2D eigenvalue weighted by molar-refractivity contribution is -0.140. The number of rotatable bonds is 4. The number of likely N-dealkylation sites (tertiary alicyclic amines) is 2. The molecule has 1 atom stereocenters. The molecule has 2 aliphatic rings. The minimum Gasteiger partial charge on any atom is -0.464 e. The number of carbonyl (C=O) groups excluding carboxylic acids is 3. The maximum Gasteiger partial charge on any atom is 0.229 e. The van der Waals surface area contributed by atoms with E-state index in [4.69, 9.17) is 4.42 Å². The smallest absolute Gasteiger partial charge is 0.229 e. The minimum atomic E-state index is -0.165. The van der Waals surface area contributed by atoms with E-state index in [1.165, 1.54) is 4.90 Å². The topological polar surface area (TPSA) is 70.8 Å². The third-order valence-electron chi connectivity index (χ3n) is 4.87. The van der Waals surface area contributed by atoms with Gasteiger partial charge >= 0.3 is 0 Å². The molecular formula is C18H24N2O4. The lowest BCUT2D eigenvalue weighted by atomic mass is 10.1. The van der Waals surface area contributed by atoms with E-state index in [9.17, 15) is 14.4 Å². The van der Waals surface area contributed by atoms with Crippen LogP contribution in [0.2, 0.25) is 0 Å². The first kappa shape index (κ1) is 16.7. The van der Waals surface area contributed by atoms with Crippen molar-refractivity contribution in [2.75, 3.05) is 13.1 Å². The third-order valence-corrected chi connectivity index (χ3v) is 4.87. The molecule has 0 aliphatic carbocycles. The summed E-state index contributed by atoms with van der Waals surface area (Å²) in [5.41, 5.74) is 0. The van der Waals surface area contributed by atoms with Crippen molar-refractivity contribution in [3.05, 3.63) is 23.7 Å². The van der Waals surface area contributed by atoms with Crippen molar-refractivity contribution in [1.82, 2.24) is 9.80 Å². The highest BCUT2D eigenvalue weighted by Gasteiger charge is 2.32. The van der Waals surface area contributed by atoms with E-state index >= 15 is 0 Å². The predicted molar refractivity (Wildman–Crippen MR) is 86.9 cm³/mol. The van der Waals surface area contributed by atoms with Gasteiger partial charge in [0.2, 0.25) is 17.7 Å². The highest BCUT2D eigenvalue weighted by Crippen LogP contribution is 2.31. The standard InChI is InChI=1S/C18H24N2O4/c1-13-6-7-15(24-13)14-5-3-2-4-11-19(14)18(23)10-12-20-16(21)8-9-17(20)22/h6-7,14H,2-5,8-12H2,1H3/t14-/m1/s1. The predicted octanol–water partition coefficient (Wildman–Crippen LogP) is 2.57. The Labute approximate surface area is 141 Å². The van der Waals surface area contributed by atoms with Gasteiger partial charge in [-0.15, -0.1) is 0 Å². The average Bonchev–Trinajstić information content (AvgIpc) is 3.02. The normalized spacial score (nSPS) is 22.1. The molecule has 0 radical (unpaired) electrons. The molecule has 2 saturated heterocycles. The van der Waals surface area contributed by atoms with Crippen LogP contribution in [0.5, 0.6) is 0 Å². The van der Waals surface area contributed by atoms with Gasteiger partial charge in [0.15, 0.2) is 0 Å². The molecule has 1 aromatic rings. The highest BCUT2D eigenvalue weighted by atomic mass is 16.3. The second-order valence-corrected chi connectivity index (χ2v) is 6.59. The monoisotopic (exact) mass is 332 g/mol. The first-order chi connectivity index (χ1) is 11.6. The molecule has 3 rings (SSSR count). The van der Waals surface area contributed by atoms with Crippen molar-refractivity contribution in [3.8, 4) is 0 Å². The molecule has 3 amide bonds. The van der Waals surface area contributed by atoms with Crippen LogP contribution < -0.4 is 0 Å². The Morgan fingerprint density at radius 2 is 1.92 bits per heavy atom. The Bertz CT molecular complexity index is 621. The number of aryl methyl sites for hydroxylation is 1. The van der Waals surface area contributed by atoms with Crippen molar-refractivity contribution in [3.63, 3.8) is 0 Å². The minimum absolute atomic E-state index is 0.0107. The summed E-state index contributed by atoms with van der Waals surface area (Å²) < 4.78 is 5.76. The quantitative estimate of drug-likeness (QED) is 0.795. The molecule has 24 heavy (non-hydrogen) atoms. The van der Waals surface area contributed by atoms with Crippen molar-refractivity contribution in [2.45, 2.75) is 57.9 Å². The van der Waals surface area contributed by atoms with Gasteiger partial charge in [0.25, 0.3) is 0 Å². The molecule has 3 heterocycles. The van der Waals surface area contributed by atoms with Crippen LogP contribution in [0, 0.1) is 6.92 Å². The van der Waals surface area contributed by atoms with Gasteiger partial charge in [0, 0.05) is 32.4 Å². The molecule has 0 spiro atoms. The summed E-state index contributed by atoms with van der Waals surface area (Å²) in [6.45, 7) is 2.79. The summed E-state index contributed by atoms with van der Waals surface area (Å²) in [6, 6.07) is 3.82. The van der Waals surface area contributed by atoms with Gasteiger partial charge in [0.05, 0.1) is 6.04 Å². The molecule has 0 aromatic carbocycles. The summed E-state index contributed by atoms with van der Waals surface area (Å²) in [6.07, 6.45) is 4.76. The molecule has 0 N–H and O–H groups in total.